The highest BCUT2D eigenvalue weighted by Crippen LogP contribution is 2.29. The molecule has 1 aromatic carbocycles. The Hall–Kier alpha value is -1.09. The van der Waals surface area contributed by atoms with E-state index in [2.05, 4.69) is 20.9 Å². The molecule has 0 spiro atoms. The van der Waals surface area contributed by atoms with Crippen molar-refractivity contribution in [1.29, 1.82) is 0 Å². The first-order chi connectivity index (χ1) is 12.3. The van der Waals surface area contributed by atoms with Gasteiger partial charge in [0.2, 0.25) is 5.91 Å². The highest BCUT2D eigenvalue weighted by atomic mass is 127. The Morgan fingerprint density at radius 2 is 2.04 bits per heavy atom. The lowest BCUT2D eigenvalue weighted by Crippen LogP contribution is -2.44. The van der Waals surface area contributed by atoms with Crippen molar-refractivity contribution in [3.63, 3.8) is 0 Å². The molecule has 0 aromatic heterocycles. The Morgan fingerprint density at radius 3 is 2.63 bits per heavy atom. The first-order valence-electron chi connectivity index (χ1n) is 9.01. The van der Waals surface area contributed by atoms with Gasteiger partial charge in [-0.05, 0) is 37.0 Å². The maximum Gasteiger partial charge on any atom is 0.220 e. The summed E-state index contributed by atoms with van der Waals surface area (Å²) in [6.07, 6.45) is 3.46. The first kappa shape index (κ1) is 23.9. The molecule has 8 heteroatoms. The first-order valence-corrected chi connectivity index (χ1v) is 9.39. The minimum absolute atomic E-state index is 0. The largest absolute Gasteiger partial charge is 0.356 e. The second-order valence-corrected chi connectivity index (χ2v) is 7.71. The van der Waals surface area contributed by atoms with E-state index in [4.69, 9.17) is 11.6 Å². The Bertz CT molecular complexity index is 665. The third kappa shape index (κ3) is 8.21. The maximum absolute atomic E-state index is 13.2. The molecule has 27 heavy (non-hydrogen) atoms. The van der Waals surface area contributed by atoms with Crippen LogP contribution in [0.4, 0.5) is 4.39 Å². The number of hydrogen-bond acceptors (Lipinski definition) is 2. The number of nitrogens with one attached hydrogen (secondary N) is 3. The number of amides is 1. The van der Waals surface area contributed by atoms with Crippen molar-refractivity contribution in [3.8, 4) is 0 Å². The van der Waals surface area contributed by atoms with Crippen molar-refractivity contribution in [2.24, 2.45) is 4.99 Å². The fourth-order valence-corrected chi connectivity index (χ4v) is 3.07. The number of benzene rings is 1. The molecule has 0 unspecified atom stereocenters. The molecule has 1 aromatic rings. The topological polar surface area (TPSA) is 65.5 Å². The zero-order valence-corrected chi connectivity index (χ0v) is 19.2. The monoisotopic (exact) mass is 510 g/mol. The molecule has 0 saturated heterocycles. The molecule has 0 atom stereocenters. The van der Waals surface area contributed by atoms with Crippen LogP contribution in [0.5, 0.6) is 0 Å². The maximum atomic E-state index is 13.2. The summed E-state index contributed by atoms with van der Waals surface area (Å²) in [6, 6.07) is 4.88. The minimum atomic E-state index is -0.342. The molecule has 152 valence electrons. The van der Waals surface area contributed by atoms with Crippen LogP contribution in [0.3, 0.4) is 0 Å². The molecule has 2 rings (SSSR count). The molecule has 0 aliphatic heterocycles. The van der Waals surface area contributed by atoms with Gasteiger partial charge >= 0.3 is 0 Å². The van der Waals surface area contributed by atoms with Crippen LogP contribution in [0.1, 0.15) is 45.1 Å². The molecule has 0 radical (unpaired) electrons. The van der Waals surface area contributed by atoms with Gasteiger partial charge in [-0.1, -0.05) is 31.5 Å². The van der Waals surface area contributed by atoms with Gasteiger partial charge in [0.1, 0.15) is 5.82 Å². The van der Waals surface area contributed by atoms with Crippen LogP contribution in [0, 0.1) is 5.82 Å². The summed E-state index contributed by atoms with van der Waals surface area (Å²) in [5, 5.41) is 9.87. The van der Waals surface area contributed by atoms with Crippen molar-refractivity contribution >= 4 is 47.4 Å². The smallest absolute Gasteiger partial charge is 0.220 e. The van der Waals surface area contributed by atoms with Crippen molar-refractivity contribution < 1.29 is 9.18 Å². The van der Waals surface area contributed by atoms with Gasteiger partial charge in [-0.3, -0.25) is 9.79 Å². The molecule has 0 heterocycles. The molecule has 3 N–H and O–H groups in total. The second-order valence-electron chi connectivity index (χ2n) is 7.31. The van der Waals surface area contributed by atoms with E-state index in [0.717, 1.165) is 24.8 Å². The highest BCUT2D eigenvalue weighted by molar-refractivity contribution is 14.0. The molecular formula is C19H29ClFIN4O. The SMILES string of the molecule is CN=C(NCCCC(=O)NC1CC1)NCC(C)(C)c1ccc(F)cc1Cl.I. The summed E-state index contributed by atoms with van der Waals surface area (Å²) < 4.78 is 13.2. The van der Waals surface area contributed by atoms with E-state index in [-0.39, 0.29) is 41.1 Å². The number of halogens is 3. The van der Waals surface area contributed by atoms with Crippen LogP contribution >= 0.6 is 35.6 Å². The molecule has 0 bridgehead atoms. The number of guanidine groups is 1. The number of aliphatic imine (C=N–C) groups is 1. The predicted molar refractivity (Wildman–Crippen MR) is 120 cm³/mol. The lowest BCUT2D eigenvalue weighted by Gasteiger charge is -2.27. The van der Waals surface area contributed by atoms with E-state index in [0.29, 0.717) is 36.5 Å². The second kappa shape index (κ2) is 11.0. The van der Waals surface area contributed by atoms with Gasteiger partial charge in [-0.25, -0.2) is 4.39 Å². The Labute approximate surface area is 182 Å². The average Bonchev–Trinajstić information content (AvgIpc) is 3.37. The molecule has 1 aliphatic rings. The van der Waals surface area contributed by atoms with Crippen LogP contribution in [0.2, 0.25) is 5.02 Å². The van der Waals surface area contributed by atoms with Gasteiger partial charge in [0.15, 0.2) is 5.96 Å². The minimum Gasteiger partial charge on any atom is -0.356 e. The normalized spacial score (nSPS) is 14.3. The summed E-state index contributed by atoms with van der Waals surface area (Å²) in [4.78, 5) is 15.9. The van der Waals surface area contributed by atoms with E-state index >= 15 is 0 Å². The van der Waals surface area contributed by atoms with Crippen molar-refractivity contribution in [2.45, 2.75) is 51.0 Å². The van der Waals surface area contributed by atoms with Crippen molar-refractivity contribution in [3.05, 3.63) is 34.6 Å². The average molecular weight is 511 g/mol. The standard InChI is InChI=1S/C19H28ClFN4O.HI/c1-19(2,15-9-6-13(21)11-16(15)20)12-24-18(22-3)23-10-4-5-17(26)25-14-7-8-14;/h6,9,11,14H,4-5,7-8,10,12H2,1-3H3,(H,25,26)(H2,22,23,24);1H. The van der Waals surface area contributed by atoms with Crippen LogP contribution in [0.25, 0.3) is 0 Å². The number of rotatable bonds is 8. The van der Waals surface area contributed by atoms with Crippen LogP contribution in [0.15, 0.2) is 23.2 Å². The predicted octanol–water partition coefficient (Wildman–Crippen LogP) is 3.60. The van der Waals surface area contributed by atoms with Crippen LogP contribution < -0.4 is 16.0 Å². The fraction of sp³-hybridized carbons (Fsp3) is 0.579. The van der Waals surface area contributed by atoms with E-state index in [1.807, 2.05) is 13.8 Å². The van der Waals surface area contributed by atoms with E-state index in [9.17, 15) is 9.18 Å². The Balaban J connectivity index is 0.00000364. The van der Waals surface area contributed by atoms with Crippen LogP contribution in [-0.2, 0) is 10.2 Å². The Morgan fingerprint density at radius 1 is 1.33 bits per heavy atom. The quantitative estimate of drug-likeness (QED) is 0.217. The molecule has 5 nitrogen and oxygen atoms in total. The number of carbonyl (C=O) groups excluding carboxylic acids is 1. The third-order valence-corrected chi connectivity index (χ3v) is 4.71. The summed E-state index contributed by atoms with van der Waals surface area (Å²) in [7, 11) is 1.70. The number of nitrogens with zero attached hydrogens (tertiary/aromatic N) is 1. The molecule has 1 aliphatic carbocycles. The zero-order valence-electron chi connectivity index (χ0n) is 16.1. The summed E-state index contributed by atoms with van der Waals surface area (Å²) >= 11 is 6.18. The number of hydrogen-bond donors (Lipinski definition) is 3. The fourth-order valence-electron chi connectivity index (χ4n) is 2.64. The highest BCUT2D eigenvalue weighted by Gasteiger charge is 2.24. The molecule has 1 amide bonds. The van der Waals surface area contributed by atoms with E-state index in [1.165, 1.54) is 12.1 Å². The van der Waals surface area contributed by atoms with E-state index in [1.54, 1.807) is 13.1 Å². The molecule has 1 saturated carbocycles. The van der Waals surface area contributed by atoms with Crippen LogP contribution in [-0.4, -0.2) is 38.0 Å². The Kier molecular flexibility index (Phi) is 9.80. The molecule has 1 fully saturated rings. The summed E-state index contributed by atoms with van der Waals surface area (Å²) in [5.74, 6) is 0.439. The van der Waals surface area contributed by atoms with Gasteiger partial charge in [0, 0.05) is 43.0 Å². The summed E-state index contributed by atoms with van der Waals surface area (Å²) in [5.41, 5.74) is 0.576. The van der Waals surface area contributed by atoms with Gasteiger partial charge in [0.25, 0.3) is 0 Å². The van der Waals surface area contributed by atoms with Gasteiger partial charge in [-0.15, -0.1) is 24.0 Å². The van der Waals surface area contributed by atoms with Gasteiger partial charge in [0.05, 0.1) is 0 Å². The van der Waals surface area contributed by atoms with Crippen molar-refractivity contribution in [1.82, 2.24) is 16.0 Å². The molecular weight excluding hydrogens is 482 g/mol. The zero-order chi connectivity index (χ0) is 19.2. The van der Waals surface area contributed by atoms with E-state index < -0.39 is 0 Å². The number of carbonyl (C=O) groups is 1. The summed E-state index contributed by atoms with van der Waals surface area (Å²) in [6.45, 7) is 5.32. The van der Waals surface area contributed by atoms with Gasteiger partial charge < -0.3 is 16.0 Å². The lowest BCUT2D eigenvalue weighted by atomic mass is 9.84. The lowest BCUT2D eigenvalue weighted by molar-refractivity contribution is -0.121. The van der Waals surface area contributed by atoms with Crippen molar-refractivity contribution in [2.75, 3.05) is 20.1 Å². The van der Waals surface area contributed by atoms with Gasteiger partial charge in [-0.2, -0.15) is 0 Å². The third-order valence-electron chi connectivity index (χ3n) is 4.40.